The zero-order valence-electron chi connectivity index (χ0n) is 26.0. The molecule has 8 nitrogen and oxygen atoms in total. The predicted molar refractivity (Wildman–Crippen MR) is 172 cm³/mol. The Bertz CT molecular complexity index is 2210. The van der Waals surface area contributed by atoms with Crippen LogP contribution in [0.3, 0.4) is 0 Å². The van der Waals surface area contributed by atoms with Crippen LogP contribution < -0.4 is 4.74 Å². The average molecular weight is 709 g/mol. The molecule has 2 fully saturated rings. The minimum atomic E-state index is -2.52. The van der Waals surface area contributed by atoms with Crippen molar-refractivity contribution in [2.24, 2.45) is 5.41 Å². The van der Waals surface area contributed by atoms with E-state index in [1.807, 2.05) is 0 Å². The van der Waals surface area contributed by atoms with E-state index in [4.69, 9.17) is 21.1 Å². The zero-order chi connectivity index (χ0) is 35.2. The fraction of sp³-hybridized carbons (Fsp3) is 0.278. The Morgan fingerprint density at radius 3 is 2.58 bits per heavy atom. The molecule has 0 radical (unpaired) electrons. The summed E-state index contributed by atoms with van der Waals surface area (Å²) in [6.45, 7) is 0.652. The zero-order valence-corrected chi connectivity index (χ0v) is 26.8. The van der Waals surface area contributed by atoms with Crippen molar-refractivity contribution in [1.82, 2.24) is 19.5 Å². The molecule has 1 saturated heterocycles. The number of alkyl halides is 2. The van der Waals surface area contributed by atoms with E-state index in [0.717, 1.165) is 24.6 Å². The maximum Gasteiger partial charge on any atom is 0.335 e. The number of halogens is 6. The van der Waals surface area contributed by atoms with Gasteiger partial charge in [0.1, 0.15) is 29.6 Å². The number of carbonyl (C=O) groups is 1. The Balaban J connectivity index is 1.09. The topological polar surface area (TPSA) is 99.4 Å². The Hall–Kier alpha value is -5.06. The molecule has 2 aromatic carbocycles. The highest BCUT2D eigenvalue weighted by Crippen LogP contribution is 2.50. The summed E-state index contributed by atoms with van der Waals surface area (Å²) >= 11 is 6.33. The van der Waals surface area contributed by atoms with Crippen LogP contribution in [0, 0.1) is 34.7 Å². The van der Waals surface area contributed by atoms with Gasteiger partial charge in [-0.2, -0.15) is 0 Å². The highest BCUT2D eigenvalue weighted by Gasteiger charge is 2.50. The summed E-state index contributed by atoms with van der Waals surface area (Å²) in [7, 11) is 0. The largest absolute Gasteiger partial charge is 0.478 e. The standard InChI is InChI=1S/C36H26ClF5N4O4/c37-24-10-19(4-6-36(7-8-36)35(41)42)16-43-29(24)18-50-32-3-1-2-28(44-32)23-15-25(38)20(11-26(23)39)14-31-45-33-27(40)12-21(34(47)48)13-30(33)46(31)17-22-5-9-49-22/h1-3,10-13,15-16,22,35H,5,7-9,14,17-18H2,(H,47,48)/t22-/m0/s1. The summed E-state index contributed by atoms with van der Waals surface area (Å²) in [6, 6.07) is 10.2. The number of nitrogens with zero attached hydrogens (tertiary/aromatic N) is 4. The molecule has 4 heterocycles. The first-order valence-electron chi connectivity index (χ1n) is 15.6. The van der Waals surface area contributed by atoms with Gasteiger partial charge in [-0.05, 0) is 61.2 Å². The average Bonchev–Trinajstić information content (AvgIpc) is 3.79. The molecule has 0 unspecified atom stereocenters. The Kier molecular flexibility index (Phi) is 8.92. The normalized spacial score (nSPS) is 16.2. The second-order valence-corrected chi connectivity index (χ2v) is 12.6. The monoisotopic (exact) mass is 708 g/mol. The van der Waals surface area contributed by atoms with E-state index in [-0.39, 0.29) is 75.8 Å². The molecular weight excluding hydrogens is 683 g/mol. The molecule has 5 aromatic rings. The van der Waals surface area contributed by atoms with Crippen LogP contribution in [0.5, 0.6) is 5.88 Å². The lowest BCUT2D eigenvalue weighted by Crippen LogP contribution is -2.31. The van der Waals surface area contributed by atoms with Gasteiger partial charge in [0.15, 0.2) is 5.82 Å². The van der Waals surface area contributed by atoms with Crippen molar-refractivity contribution in [2.45, 2.75) is 51.4 Å². The maximum atomic E-state index is 15.6. The van der Waals surface area contributed by atoms with Crippen molar-refractivity contribution in [3.63, 3.8) is 0 Å². The fourth-order valence-electron chi connectivity index (χ4n) is 5.57. The van der Waals surface area contributed by atoms with Crippen LogP contribution in [-0.4, -0.2) is 49.7 Å². The second-order valence-electron chi connectivity index (χ2n) is 12.2. The molecule has 50 heavy (non-hydrogen) atoms. The third-order valence-corrected chi connectivity index (χ3v) is 9.06. The van der Waals surface area contributed by atoms with Gasteiger partial charge in [0, 0.05) is 36.4 Å². The van der Waals surface area contributed by atoms with Crippen molar-refractivity contribution in [2.75, 3.05) is 6.61 Å². The first-order valence-corrected chi connectivity index (χ1v) is 15.9. The number of rotatable bonds is 10. The molecule has 1 aliphatic heterocycles. The van der Waals surface area contributed by atoms with Gasteiger partial charge in [0.2, 0.25) is 5.88 Å². The summed E-state index contributed by atoms with van der Waals surface area (Å²) < 4.78 is 85.2. The Labute approximate surface area is 286 Å². The van der Waals surface area contributed by atoms with Gasteiger partial charge >= 0.3 is 5.97 Å². The summed E-state index contributed by atoms with van der Waals surface area (Å²) in [6.07, 6.45) is -0.124. The minimum absolute atomic E-state index is 0.0565. The Morgan fingerprint density at radius 2 is 1.90 bits per heavy atom. The lowest BCUT2D eigenvalue weighted by molar-refractivity contribution is -0.0589. The van der Waals surface area contributed by atoms with Gasteiger partial charge in [-0.3, -0.25) is 4.98 Å². The minimum Gasteiger partial charge on any atom is -0.478 e. The molecule has 0 spiro atoms. The van der Waals surface area contributed by atoms with Crippen molar-refractivity contribution < 1.29 is 41.3 Å². The van der Waals surface area contributed by atoms with Gasteiger partial charge in [-0.15, -0.1) is 0 Å². The molecular formula is C36H26ClF5N4O4. The number of carboxylic acids is 1. The highest BCUT2D eigenvalue weighted by molar-refractivity contribution is 6.31. The van der Waals surface area contributed by atoms with Crippen molar-refractivity contribution in [3.05, 3.63) is 105 Å². The molecule has 1 atom stereocenters. The number of hydrogen-bond acceptors (Lipinski definition) is 6. The van der Waals surface area contributed by atoms with Crippen LogP contribution in [-0.2, 0) is 24.3 Å². The van der Waals surface area contributed by atoms with Crippen LogP contribution in [0.15, 0.2) is 54.7 Å². The number of pyridine rings is 2. The highest BCUT2D eigenvalue weighted by atomic mass is 35.5. The number of aromatic nitrogens is 4. The van der Waals surface area contributed by atoms with Crippen molar-refractivity contribution in [1.29, 1.82) is 0 Å². The molecule has 1 saturated carbocycles. The van der Waals surface area contributed by atoms with Crippen LogP contribution in [0.1, 0.15) is 52.3 Å². The number of imidazole rings is 1. The van der Waals surface area contributed by atoms with Crippen LogP contribution in [0.4, 0.5) is 22.0 Å². The van der Waals surface area contributed by atoms with Gasteiger partial charge < -0.3 is 19.1 Å². The van der Waals surface area contributed by atoms with Crippen molar-refractivity contribution >= 4 is 28.6 Å². The number of carboxylic acid groups (broad SMARTS) is 1. The molecule has 1 N–H and O–H groups in total. The fourth-order valence-corrected chi connectivity index (χ4v) is 5.79. The smallest absolute Gasteiger partial charge is 0.335 e. The quantitative estimate of drug-likeness (QED) is 0.118. The number of aromatic carboxylic acids is 1. The van der Waals surface area contributed by atoms with Gasteiger partial charge in [-0.1, -0.05) is 29.5 Å². The summed E-state index contributed by atoms with van der Waals surface area (Å²) in [4.78, 5) is 24.5. The van der Waals surface area contributed by atoms with Gasteiger partial charge in [0.25, 0.3) is 6.43 Å². The predicted octanol–water partition coefficient (Wildman–Crippen LogP) is 7.62. The third-order valence-electron chi connectivity index (χ3n) is 8.73. The maximum absolute atomic E-state index is 15.6. The second kappa shape index (κ2) is 13.3. The van der Waals surface area contributed by atoms with E-state index in [1.165, 1.54) is 30.5 Å². The molecule has 0 bridgehead atoms. The molecule has 7 rings (SSSR count). The number of fused-ring (bicyclic) bond motifs is 1. The lowest BCUT2D eigenvalue weighted by atomic mass is 10.0. The summed E-state index contributed by atoms with van der Waals surface area (Å²) in [5.41, 5.74) is -0.792. The van der Waals surface area contributed by atoms with Crippen LogP contribution >= 0.6 is 11.6 Å². The first kappa shape index (κ1) is 33.4. The molecule has 14 heteroatoms. The third kappa shape index (κ3) is 6.73. The van der Waals surface area contributed by atoms with Crippen molar-refractivity contribution in [3.8, 4) is 29.0 Å². The first-order chi connectivity index (χ1) is 24.0. The van der Waals surface area contributed by atoms with E-state index < -0.39 is 35.3 Å². The van der Waals surface area contributed by atoms with E-state index in [9.17, 15) is 23.1 Å². The molecule has 0 amide bonds. The number of benzene rings is 2. The number of hydrogen-bond donors (Lipinski definition) is 1. The Morgan fingerprint density at radius 1 is 1.10 bits per heavy atom. The van der Waals surface area contributed by atoms with E-state index in [2.05, 4.69) is 26.8 Å². The van der Waals surface area contributed by atoms with Gasteiger partial charge in [0.05, 0.1) is 45.6 Å². The summed E-state index contributed by atoms with van der Waals surface area (Å²) in [5, 5.41) is 9.65. The van der Waals surface area contributed by atoms with Crippen LogP contribution in [0.25, 0.3) is 22.3 Å². The van der Waals surface area contributed by atoms with E-state index in [1.54, 1.807) is 10.6 Å². The summed E-state index contributed by atoms with van der Waals surface area (Å²) in [5.74, 6) is 1.92. The molecule has 1 aliphatic carbocycles. The van der Waals surface area contributed by atoms with E-state index in [0.29, 0.717) is 30.7 Å². The van der Waals surface area contributed by atoms with Gasteiger partial charge in [-0.25, -0.2) is 36.7 Å². The number of ether oxygens (including phenoxy) is 2. The van der Waals surface area contributed by atoms with Crippen LogP contribution in [0.2, 0.25) is 5.02 Å². The molecule has 2 aliphatic rings. The lowest BCUT2D eigenvalue weighted by Gasteiger charge is -2.27. The SMILES string of the molecule is O=C(O)c1cc(F)c2nc(Cc3cc(F)c(-c4cccc(OCc5ncc(C#CC6(C(F)F)CC6)cc5Cl)n4)cc3F)n(C[C@@H]3CCO3)c2c1. The van der Waals surface area contributed by atoms with E-state index >= 15 is 8.78 Å². The molecule has 256 valence electrons. The molecule has 3 aromatic heterocycles.